The van der Waals surface area contributed by atoms with Gasteiger partial charge in [-0.05, 0) is 12.8 Å². The summed E-state index contributed by atoms with van der Waals surface area (Å²) in [5, 5.41) is 8.76. The summed E-state index contributed by atoms with van der Waals surface area (Å²) in [5.74, 6) is 1.68. The van der Waals surface area contributed by atoms with Crippen LogP contribution in [-0.2, 0) is 4.74 Å². The summed E-state index contributed by atoms with van der Waals surface area (Å²) in [6.45, 7) is 6.13. The lowest BCUT2D eigenvalue weighted by molar-refractivity contribution is 0.0158. The molecule has 2 rings (SSSR count). The number of H-pyrrole nitrogens is 1. The lowest BCUT2D eigenvalue weighted by Gasteiger charge is -2.32. The van der Waals surface area contributed by atoms with Crippen molar-refractivity contribution in [1.82, 2.24) is 9.97 Å². The van der Waals surface area contributed by atoms with Crippen LogP contribution < -0.4 is 10.5 Å². The van der Waals surface area contributed by atoms with E-state index in [1.165, 1.54) is 0 Å². The summed E-state index contributed by atoms with van der Waals surface area (Å²) in [6.07, 6.45) is 1.99. The van der Waals surface area contributed by atoms with Gasteiger partial charge in [0.05, 0.1) is 19.3 Å². The number of hydrogen-bond acceptors (Lipinski definition) is 5. The Balaban J connectivity index is 2.01. The van der Waals surface area contributed by atoms with Crippen molar-refractivity contribution in [3.05, 3.63) is 22.2 Å². The molecule has 2 N–H and O–H groups in total. The molecule has 20 heavy (non-hydrogen) atoms. The predicted molar refractivity (Wildman–Crippen MR) is 77.2 cm³/mol. The highest BCUT2D eigenvalue weighted by Gasteiger charge is 2.21. The van der Waals surface area contributed by atoms with Crippen molar-refractivity contribution in [1.29, 1.82) is 0 Å². The normalized spacial score (nSPS) is 16.9. The third-order valence-corrected chi connectivity index (χ3v) is 3.50. The van der Waals surface area contributed by atoms with Crippen LogP contribution in [0.15, 0.2) is 10.9 Å². The molecular formula is C14H23N3O3. The second kappa shape index (κ2) is 6.85. The molecule has 0 aromatic carbocycles. The van der Waals surface area contributed by atoms with E-state index in [0.29, 0.717) is 6.61 Å². The van der Waals surface area contributed by atoms with Crippen molar-refractivity contribution in [2.75, 3.05) is 31.2 Å². The molecule has 1 aliphatic heterocycles. The number of aromatic amines is 1. The maximum Gasteiger partial charge on any atom is 0.252 e. The predicted octanol–water partition coefficient (Wildman–Crippen LogP) is 0.871. The number of aliphatic hydroxyl groups excluding tert-OH is 1. The molecule has 1 aromatic heterocycles. The Kier molecular flexibility index (Phi) is 5.14. The van der Waals surface area contributed by atoms with Gasteiger partial charge in [0.15, 0.2) is 0 Å². The van der Waals surface area contributed by atoms with Gasteiger partial charge in [0.2, 0.25) is 0 Å². The zero-order valence-electron chi connectivity index (χ0n) is 12.1. The first-order valence-corrected chi connectivity index (χ1v) is 7.19. The molecule has 0 radical (unpaired) electrons. The second-order valence-corrected chi connectivity index (χ2v) is 5.42. The van der Waals surface area contributed by atoms with Crippen molar-refractivity contribution < 1.29 is 9.84 Å². The Morgan fingerprint density at radius 1 is 1.50 bits per heavy atom. The maximum absolute atomic E-state index is 11.7. The minimum Gasteiger partial charge on any atom is -0.394 e. The molecule has 0 bridgehead atoms. The molecule has 2 heterocycles. The van der Waals surface area contributed by atoms with Gasteiger partial charge in [-0.25, -0.2) is 4.98 Å². The van der Waals surface area contributed by atoms with Crippen LogP contribution in [0.5, 0.6) is 0 Å². The minimum absolute atomic E-state index is 0.0631. The fourth-order valence-corrected chi connectivity index (χ4v) is 2.37. The Morgan fingerprint density at radius 2 is 2.20 bits per heavy atom. The number of hydrogen-bond donors (Lipinski definition) is 2. The van der Waals surface area contributed by atoms with E-state index < -0.39 is 0 Å². The van der Waals surface area contributed by atoms with Crippen LogP contribution in [0.25, 0.3) is 0 Å². The van der Waals surface area contributed by atoms with Gasteiger partial charge in [-0.1, -0.05) is 13.8 Å². The van der Waals surface area contributed by atoms with Gasteiger partial charge in [-0.15, -0.1) is 0 Å². The fourth-order valence-electron chi connectivity index (χ4n) is 2.37. The zero-order chi connectivity index (χ0) is 14.5. The second-order valence-electron chi connectivity index (χ2n) is 5.42. The van der Waals surface area contributed by atoms with Gasteiger partial charge < -0.3 is 19.7 Å². The summed E-state index contributed by atoms with van der Waals surface area (Å²) in [5.41, 5.74) is -0.0997. The first-order valence-electron chi connectivity index (χ1n) is 7.19. The summed E-state index contributed by atoms with van der Waals surface area (Å²) in [6, 6.07) is 1.56. The standard InChI is InChI=1S/C14H23N3O3/c1-10(2)14-15-12(9-13(19)16-14)17-5-3-11(4-6-17)20-8-7-18/h9-11,18H,3-8H2,1-2H3,(H,15,16,19). The number of rotatable bonds is 5. The van der Waals surface area contributed by atoms with E-state index in [1.54, 1.807) is 6.07 Å². The van der Waals surface area contributed by atoms with Crippen molar-refractivity contribution in [2.24, 2.45) is 0 Å². The van der Waals surface area contributed by atoms with E-state index in [-0.39, 0.29) is 24.2 Å². The lowest BCUT2D eigenvalue weighted by Crippen LogP contribution is -2.38. The van der Waals surface area contributed by atoms with Crippen molar-refractivity contribution in [2.45, 2.75) is 38.7 Å². The summed E-state index contributed by atoms with van der Waals surface area (Å²) < 4.78 is 5.54. The monoisotopic (exact) mass is 281 g/mol. The number of piperidine rings is 1. The number of nitrogens with zero attached hydrogens (tertiary/aromatic N) is 2. The summed E-state index contributed by atoms with van der Waals surface area (Å²) in [7, 11) is 0. The smallest absolute Gasteiger partial charge is 0.252 e. The minimum atomic E-state index is -0.0997. The molecule has 1 fully saturated rings. The Bertz CT molecular complexity index is 479. The average Bonchev–Trinajstić information content (AvgIpc) is 2.45. The van der Waals surface area contributed by atoms with Gasteiger partial charge in [-0.2, -0.15) is 0 Å². The van der Waals surface area contributed by atoms with Crippen LogP contribution in [0.4, 0.5) is 5.82 Å². The molecule has 0 unspecified atom stereocenters. The van der Waals surface area contributed by atoms with Crippen LogP contribution >= 0.6 is 0 Å². The molecule has 0 aliphatic carbocycles. The highest BCUT2D eigenvalue weighted by molar-refractivity contribution is 5.38. The van der Waals surface area contributed by atoms with Crippen LogP contribution in [0, 0.1) is 0 Å². The number of anilines is 1. The molecule has 0 saturated carbocycles. The maximum atomic E-state index is 11.7. The van der Waals surface area contributed by atoms with E-state index in [9.17, 15) is 4.79 Å². The summed E-state index contributed by atoms with van der Waals surface area (Å²) >= 11 is 0. The topological polar surface area (TPSA) is 78.5 Å². The van der Waals surface area contributed by atoms with E-state index in [2.05, 4.69) is 14.9 Å². The van der Waals surface area contributed by atoms with Crippen molar-refractivity contribution in [3.63, 3.8) is 0 Å². The van der Waals surface area contributed by atoms with E-state index in [4.69, 9.17) is 9.84 Å². The van der Waals surface area contributed by atoms with E-state index in [0.717, 1.165) is 37.6 Å². The van der Waals surface area contributed by atoms with Gasteiger partial charge in [-0.3, -0.25) is 4.79 Å². The average molecular weight is 281 g/mol. The van der Waals surface area contributed by atoms with Crippen molar-refractivity contribution in [3.8, 4) is 0 Å². The lowest BCUT2D eigenvalue weighted by atomic mass is 10.1. The molecule has 6 nitrogen and oxygen atoms in total. The molecule has 112 valence electrons. The Morgan fingerprint density at radius 3 is 2.80 bits per heavy atom. The van der Waals surface area contributed by atoms with Gasteiger partial charge in [0.25, 0.3) is 5.56 Å². The Hall–Kier alpha value is -1.40. The Labute approximate surface area is 118 Å². The number of ether oxygens (including phenoxy) is 1. The highest BCUT2D eigenvalue weighted by Crippen LogP contribution is 2.19. The molecule has 0 amide bonds. The first kappa shape index (κ1) is 15.0. The largest absolute Gasteiger partial charge is 0.394 e. The van der Waals surface area contributed by atoms with Crippen molar-refractivity contribution >= 4 is 5.82 Å². The van der Waals surface area contributed by atoms with Crippen LogP contribution in [-0.4, -0.2) is 47.5 Å². The first-order chi connectivity index (χ1) is 9.60. The quantitative estimate of drug-likeness (QED) is 0.837. The van der Waals surface area contributed by atoms with Gasteiger partial charge in [0.1, 0.15) is 11.6 Å². The van der Waals surface area contributed by atoms with Gasteiger partial charge in [0, 0.05) is 25.1 Å². The fraction of sp³-hybridized carbons (Fsp3) is 0.714. The third kappa shape index (κ3) is 3.80. The van der Waals surface area contributed by atoms with E-state index >= 15 is 0 Å². The van der Waals surface area contributed by atoms with Crippen LogP contribution in [0.2, 0.25) is 0 Å². The molecule has 1 saturated heterocycles. The number of nitrogens with one attached hydrogen (secondary N) is 1. The van der Waals surface area contributed by atoms with Gasteiger partial charge >= 0.3 is 0 Å². The molecule has 1 aliphatic rings. The molecule has 1 aromatic rings. The number of aliphatic hydroxyl groups is 1. The SMILES string of the molecule is CC(C)c1nc(N2CCC(OCCO)CC2)cc(=O)[nH]1. The number of aromatic nitrogens is 2. The highest BCUT2D eigenvalue weighted by atomic mass is 16.5. The molecule has 0 atom stereocenters. The molecule has 6 heteroatoms. The zero-order valence-corrected chi connectivity index (χ0v) is 12.1. The molecular weight excluding hydrogens is 258 g/mol. The molecule has 0 spiro atoms. The van der Waals surface area contributed by atoms with E-state index in [1.807, 2.05) is 13.8 Å². The van der Waals surface area contributed by atoms with Crippen LogP contribution in [0.3, 0.4) is 0 Å². The summed E-state index contributed by atoms with van der Waals surface area (Å²) in [4.78, 5) is 21.1. The van der Waals surface area contributed by atoms with Crippen LogP contribution in [0.1, 0.15) is 38.4 Å². The third-order valence-electron chi connectivity index (χ3n) is 3.50.